The minimum absolute atomic E-state index is 0.334. The lowest BCUT2D eigenvalue weighted by Crippen LogP contribution is -2.41. The Morgan fingerprint density at radius 1 is 0.944 bits per heavy atom. The Labute approximate surface area is 215 Å². The minimum Gasteiger partial charge on any atom is -0.488 e. The summed E-state index contributed by atoms with van der Waals surface area (Å²) < 4.78 is 6.19. The van der Waals surface area contributed by atoms with Gasteiger partial charge >= 0.3 is 5.97 Å². The topological polar surface area (TPSA) is 75.6 Å². The fourth-order valence-electron chi connectivity index (χ4n) is 4.19. The molecule has 0 aliphatic heterocycles. The first-order valence-electron chi connectivity index (χ1n) is 11.8. The molecule has 0 fully saturated rings. The lowest BCUT2D eigenvalue weighted by molar-refractivity contribution is -0.139. The Bertz CT molecular complexity index is 1380. The van der Waals surface area contributed by atoms with E-state index in [2.05, 4.69) is 17.4 Å². The van der Waals surface area contributed by atoms with Crippen LogP contribution in [-0.2, 0) is 11.4 Å². The van der Waals surface area contributed by atoms with Gasteiger partial charge in [0.1, 0.15) is 18.4 Å². The van der Waals surface area contributed by atoms with Crippen LogP contribution in [0.3, 0.4) is 0 Å². The third kappa shape index (κ3) is 5.89. The Morgan fingerprint density at radius 2 is 1.69 bits per heavy atom. The summed E-state index contributed by atoms with van der Waals surface area (Å²) in [6.07, 6.45) is 2.27. The maximum absolute atomic E-state index is 13.3. The second kappa shape index (κ2) is 11.8. The third-order valence-corrected chi connectivity index (χ3v) is 6.77. The van der Waals surface area contributed by atoms with E-state index in [1.54, 1.807) is 17.8 Å². The highest BCUT2D eigenvalue weighted by molar-refractivity contribution is 7.98. The summed E-state index contributed by atoms with van der Waals surface area (Å²) in [6, 6.07) is 26.5. The van der Waals surface area contributed by atoms with Crippen LogP contribution in [0.2, 0.25) is 0 Å². The molecule has 0 radical (unpaired) electrons. The molecule has 4 aromatic rings. The van der Waals surface area contributed by atoms with Crippen molar-refractivity contribution in [1.82, 2.24) is 5.32 Å². The molecule has 0 spiro atoms. The Hall–Kier alpha value is -3.77. The fourth-order valence-corrected chi connectivity index (χ4v) is 4.66. The van der Waals surface area contributed by atoms with Gasteiger partial charge < -0.3 is 15.2 Å². The average Bonchev–Trinajstić information content (AvgIpc) is 2.89. The largest absolute Gasteiger partial charge is 0.488 e. The molecule has 2 N–H and O–H groups in total. The normalized spacial score (nSPS) is 11.7. The molecule has 0 aliphatic carbocycles. The fraction of sp³-hybridized carbons (Fsp3) is 0.200. The maximum Gasteiger partial charge on any atom is 0.326 e. The van der Waals surface area contributed by atoms with Crippen molar-refractivity contribution < 1.29 is 19.4 Å². The predicted molar refractivity (Wildman–Crippen MR) is 147 cm³/mol. The number of carbonyl (C=O) groups excluding carboxylic acids is 1. The summed E-state index contributed by atoms with van der Waals surface area (Å²) in [4.78, 5) is 25.0. The van der Waals surface area contributed by atoms with Crippen LogP contribution in [0.5, 0.6) is 5.75 Å². The molecule has 5 nitrogen and oxygen atoms in total. The monoisotopic (exact) mass is 499 g/mol. The van der Waals surface area contributed by atoms with Gasteiger partial charge in [0, 0.05) is 10.9 Å². The van der Waals surface area contributed by atoms with Crippen molar-refractivity contribution in [1.29, 1.82) is 0 Å². The van der Waals surface area contributed by atoms with E-state index < -0.39 is 17.9 Å². The van der Waals surface area contributed by atoms with Gasteiger partial charge in [0.25, 0.3) is 5.91 Å². The number of thioether (sulfide) groups is 1. The summed E-state index contributed by atoms with van der Waals surface area (Å²) in [7, 11) is 0. The van der Waals surface area contributed by atoms with Crippen molar-refractivity contribution in [3.05, 3.63) is 102 Å². The zero-order chi connectivity index (χ0) is 25.5. The number of fused-ring (bicyclic) bond motifs is 1. The molecular formula is C30H29NO4S. The van der Waals surface area contributed by atoms with Gasteiger partial charge in [-0.15, -0.1) is 0 Å². The second-order valence-corrected chi connectivity index (χ2v) is 9.59. The first-order valence-corrected chi connectivity index (χ1v) is 13.2. The van der Waals surface area contributed by atoms with E-state index in [0.717, 1.165) is 38.8 Å². The first kappa shape index (κ1) is 25.3. The quantitative estimate of drug-likeness (QED) is 0.267. The smallest absolute Gasteiger partial charge is 0.326 e. The number of aliphatic carboxylic acids is 1. The SMILES string of the molecule is CSCC[C@H](NC(=O)c1ccc(COc2cccc3ccccc23)cc1-c1ccccc1C)C(=O)O. The number of hydrogen-bond acceptors (Lipinski definition) is 4. The molecule has 0 saturated carbocycles. The summed E-state index contributed by atoms with van der Waals surface area (Å²) in [6.45, 7) is 2.33. The molecule has 36 heavy (non-hydrogen) atoms. The molecule has 6 heteroatoms. The molecule has 0 bridgehead atoms. The van der Waals surface area contributed by atoms with Crippen molar-refractivity contribution in [2.45, 2.75) is 26.0 Å². The van der Waals surface area contributed by atoms with Crippen molar-refractivity contribution in [3.63, 3.8) is 0 Å². The van der Waals surface area contributed by atoms with Gasteiger partial charge in [-0.2, -0.15) is 11.8 Å². The van der Waals surface area contributed by atoms with Crippen LogP contribution >= 0.6 is 11.8 Å². The molecule has 1 amide bonds. The number of nitrogens with one attached hydrogen (secondary N) is 1. The number of aryl methyl sites for hydroxylation is 1. The molecule has 0 saturated heterocycles. The van der Waals surface area contributed by atoms with E-state index in [1.165, 1.54) is 0 Å². The van der Waals surface area contributed by atoms with E-state index in [9.17, 15) is 14.7 Å². The van der Waals surface area contributed by atoms with Crippen LogP contribution in [0, 0.1) is 6.92 Å². The van der Waals surface area contributed by atoms with E-state index in [4.69, 9.17) is 4.74 Å². The highest BCUT2D eigenvalue weighted by Gasteiger charge is 2.22. The van der Waals surface area contributed by atoms with Gasteiger partial charge in [-0.3, -0.25) is 4.79 Å². The second-order valence-electron chi connectivity index (χ2n) is 8.61. The summed E-state index contributed by atoms with van der Waals surface area (Å²) in [5, 5.41) is 14.4. The van der Waals surface area contributed by atoms with Crippen LogP contribution in [0.1, 0.15) is 27.9 Å². The Morgan fingerprint density at radius 3 is 2.47 bits per heavy atom. The number of carboxylic acids is 1. The molecular weight excluding hydrogens is 470 g/mol. The molecule has 4 rings (SSSR count). The van der Waals surface area contributed by atoms with E-state index in [0.29, 0.717) is 24.3 Å². The number of carboxylic acid groups (broad SMARTS) is 1. The van der Waals surface area contributed by atoms with Crippen molar-refractivity contribution >= 4 is 34.4 Å². The standard InChI is InChI=1S/C30H29NO4S/c1-20-8-3-5-11-23(20)26-18-21(19-35-28-13-7-10-22-9-4-6-12-24(22)28)14-15-25(26)29(32)31-27(30(33)34)16-17-36-2/h3-15,18,27H,16-17,19H2,1-2H3,(H,31,32)(H,33,34)/t27-/m0/s1. The van der Waals surface area contributed by atoms with Crippen LogP contribution < -0.4 is 10.1 Å². The summed E-state index contributed by atoms with van der Waals surface area (Å²) in [5.74, 6) is 0.00970. The third-order valence-electron chi connectivity index (χ3n) is 6.12. The summed E-state index contributed by atoms with van der Waals surface area (Å²) >= 11 is 1.55. The lowest BCUT2D eigenvalue weighted by Gasteiger charge is -2.18. The first-order chi connectivity index (χ1) is 17.5. The predicted octanol–water partition coefficient (Wildman–Crippen LogP) is 6.33. The van der Waals surface area contributed by atoms with Gasteiger partial charge in [0.15, 0.2) is 0 Å². The van der Waals surface area contributed by atoms with Crippen LogP contribution in [0.4, 0.5) is 0 Å². The lowest BCUT2D eigenvalue weighted by atomic mass is 9.93. The summed E-state index contributed by atoms with van der Waals surface area (Å²) in [5.41, 5.74) is 4.05. The Balaban J connectivity index is 1.65. The molecule has 1 atom stereocenters. The minimum atomic E-state index is -1.03. The molecule has 184 valence electrons. The maximum atomic E-state index is 13.3. The number of rotatable bonds is 10. The zero-order valence-electron chi connectivity index (χ0n) is 20.4. The van der Waals surface area contributed by atoms with Crippen molar-refractivity contribution in [3.8, 4) is 16.9 Å². The number of benzene rings is 4. The molecule has 4 aromatic carbocycles. The van der Waals surface area contributed by atoms with Crippen LogP contribution in [-0.4, -0.2) is 35.0 Å². The van der Waals surface area contributed by atoms with Gasteiger partial charge in [0.2, 0.25) is 0 Å². The van der Waals surface area contributed by atoms with Crippen LogP contribution in [0.15, 0.2) is 84.9 Å². The number of carbonyl (C=O) groups is 2. The highest BCUT2D eigenvalue weighted by Crippen LogP contribution is 2.30. The highest BCUT2D eigenvalue weighted by atomic mass is 32.2. The van der Waals surface area contributed by atoms with Gasteiger partial charge in [0.05, 0.1) is 0 Å². The molecule has 0 aliphatic rings. The molecule has 0 aromatic heterocycles. The zero-order valence-corrected chi connectivity index (χ0v) is 21.2. The number of ether oxygens (including phenoxy) is 1. The molecule has 0 heterocycles. The van der Waals surface area contributed by atoms with Crippen molar-refractivity contribution in [2.24, 2.45) is 0 Å². The van der Waals surface area contributed by atoms with E-state index in [1.807, 2.05) is 79.9 Å². The van der Waals surface area contributed by atoms with E-state index in [-0.39, 0.29) is 0 Å². The molecule has 0 unspecified atom stereocenters. The van der Waals surface area contributed by atoms with Crippen molar-refractivity contribution in [2.75, 3.05) is 12.0 Å². The van der Waals surface area contributed by atoms with Gasteiger partial charge in [-0.05, 0) is 71.2 Å². The number of hydrogen-bond donors (Lipinski definition) is 2. The number of amides is 1. The average molecular weight is 500 g/mol. The Kier molecular flexibility index (Phi) is 8.28. The van der Waals surface area contributed by atoms with Gasteiger partial charge in [-0.25, -0.2) is 4.79 Å². The van der Waals surface area contributed by atoms with Crippen LogP contribution in [0.25, 0.3) is 21.9 Å². The van der Waals surface area contributed by atoms with Gasteiger partial charge in [-0.1, -0.05) is 66.7 Å². The van der Waals surface area contributed by atoms with E-state index >= 15 is 0 Å².